The molecule has 0 radical (unpaired) electrons. The van der Waals surface area contributed by atoms with Crippen LogP contribution in [0.1, 0.15) is 12.0 Å². The van der Waals surface area contributed by atoms with Gasteiger partial charge in [0, 0.05) is 10.8 Å². The molecule has 0 spiro atoms. The van der Waals surface area contributed by atoms with E-state index in [1.807, 2.05) is 24.3 Å². The third kappa shape index (κ3) is 4.58. The van der Waals surface area contributed by atoms with Gasteiger partial charge in [0.15, 0.2) is 5.92 Å². The largest absolute Gasteiger partial charge is 0.481 e. The monoisotopic (exact) mass is 288 g/mol. The molecule has 0 aliphatic carbocycles. The normalized spacial score (nSPS) is 10.6. The van der Waals surface area contributed by atoms with Crippen LogP contribution in [-0.4, -0.2) is 27.9 Å². The maximum atomic E-state index is 10.7. The maximum Gasteiger partial charge on any atom is 0.317 e. The van der Waals surface area contributed by atoms with Crippen molar-refractivity contribution in [1.29, 1.82) is 0 Å². The van der Waals surface area contributed by atoms with Crippen molar-refractivity contribution in [1.82, 2.24) is 0 Å². The molecule has 1 aromatic rings. The second-order valence-electron chi connectivity index (χ2n) is 3.64. The summed E-state index contributed by atoms with van der Waals surface area (Å²) in [7, 11) is 0. The van der Waals surface area contributed by atoms with Gasteiger partial charge in [-0.1, -0.05) is 12.1 Å². The molecule has 0 fully saturated rings. The lowest BCUT2D eigenvalue weighted by Gasteiger charge is -2.07. The van der Waals surface area contributed by atoms with E-state index < -0.39 is 17.9 Å². The molecule has 0 aliphatic heterocycles. The van der Waals surface area contributed by atoms with Crippen molar-refractivity contribution in [3.05, 3.63) is 29.8 Å². The molecule has 0 aromatic heterocycles. The van der Waals surface area contributed by atoms with Crippen molar-refractivity contribution in [3.8, 4) is 0 Å². The highest BCUT2D eigenvalue weighted by molar-refractivity contribution is 7.99. The number of rotatable bonds is 7. The molecule has 2 N–H and O–H groups in total. The Morgan fingerprint density at radius 2 is 1.72 bits per heavy atom. The van der Waals surface area contributed by atoms with Crippen LogP contribution in [-0.2, 0) is 15.5 Å². The van der Waals surface area contributed by atoms with Crippen molar-refractivity contribution in [2.24, 2.45) is 5.92 Å². The van der Waals surface area contributed by atoms with Gasteiger partial charge >= 0.3 is 11.9 Å². The first kappa shape index (κ1) is 14.9. The van der Waals surface area contributed by atoms with Crippen molar-refractivity contribution < 1.29 is 19.8 Å². The molecule has 4 nitrogen and oxygen atoms in total. The summed E-state index contributed by atoms with van der Waals surface area (Å²) >= 11 is 7.09. The van der Waals surface area contributed by atoms with E-state index in [0.717, 1.165) is 10.5 Å². The Morgan fingerprint density at radius 1 is 1.17 bits per heavy atom. The highest BCUT2D eigenvalue weighted by atomic mass is 35.5. The van der Waals surface area contributed by atoms with E-state index in [9.17, 15) is 9.59 Å². The molecule has 6 heteroatoms. The van der Waals surface area contributed by atoms with Gasteiger partial charge < -0.3 is 10.2 Å². The lowest BCUT2D eigenvalue weighted by molar-refractivity contribution is -0.154. The lowest BCUT2D eigenvalue weighted by atomic mass is 10.1. The molecule has 98 valence electrons. The third-order valence-corrected chi connectivity index (χ3v) is 3.70. The van der Waals surface area contributed by atoms with Crippen molar-refractivity contribution in [2.75, 3.05) is 5.75 Å². The first-order valence-corrected chi connectivity index (χ1v) is 6.80. The SMILES string of the molecule is O=C(O)C(CCSc1ccc(CCl)cc1)C(=O)O. The molecule has 0 saturated carbocycles. The summed E-state index contributed by atoms with van der Waals surface area (Å²) in [4.78, 5) is 22.3. The van der Waals surface area contributed by atoms with E-state index in [1.54, 1.807) is 0 Å². The summed E-state index contributed by atoms with van der Waals surface area (Å²) in [6.45, 7) is 0. The number of carboxylic acid groups (broad SMARTS) is 2. The topological polar surface area (TPSA) is 74.6 Å². The first-order chi connectivity index (χ1) is 8.54. The third-order valence-electron chi connectivity index (χ3n) is 2.35. The van der Waals surface area contributed by atoms with Gasteiger partial charge in [0.2, 0.25) is 0 Å². The molecule has 1 aromatic carbocycles. The Morgan fingerprint density at radius 3 is 2.17 bits per heavy atom. The van der Waals surface area contributed by atoms with E-state index in [0.29, 0.717) is 11.6 Å². The Labute approximate surface area is 114 Å². The van der Waals surface area contributed by atoms with Crippen LogP contribution in [0.25, 0.3) is 0 Å². The van der Waals surface area contributed by atoms with Gasteiger partial charge in [-0.2, -0.15) is 0 Å². The first-order valence-electron chi connectivity index (χ1n) is 5.28. The number of aliphatic carboxylic acids is 2. The Kier molecular flexibility index (Phi) is 6.01. The van der Waals surface area contributed by atoms with Crippen LogP contribution in [0.4, 0.5) is 0 Å². The molecular formula is C12H13ClO4S. The van der Waals surface area contributed by atoms with E-state index in [1.165, 1.54) is 11.8 Å². The van der Waals surface area contributed by atoms with Crippen LogP contribution in [0.15, 0.2) is 29.2 Å². The minimum absolute atomic E-state index is 0.104. The highest BCUT2D eigenvalue weighted by Gasteiger charge is 2.24. The summed E-state index contributed by atoms with van der Waals surface area (Å²) in [6, 6.07) is 7.56. The number of hydrogen-bond donors (Lipinski definition) is 2. The number of halogens is 1. The lowest BCUT2D eigenvalue weighted by Crippen LogP contribution is -2.23. The zero-order valence-corrected chi connectivity index (χ0v) is 11.1. The van der Waals surface area contributed by atoms with E-state index >= 15 is 0 Å². The van der Waals surface area contributed by atoms with Gasteiger partial charge in [-0.3, -0.25) is 9.59 Å². The van der Waals surface area contributed by atoms with Crippen molar-refractivity contribution in [3.63, 3.8) is 0 Å². The van der Waals surface area contributed by atoms with Crippen LogP contribution in [0.3, 0.4) is 0 Å². The number of alkyl halides is 1. The average Bonchev–Trinajstić information content (AvgIpc) is 2.34. The summed E-state index contributed by atoms with van der Waals surface area (Å²) in [5, 5.41) is 17.4. The fourth-order valence-electron chi connectivity index (χ4n) is 1.32. The summed E-state index contributed by atoms with van der Waals surface area (Å²) in [5.41, 5.74) is 1.01. The second-order valence-corrected chi connectivity index (χ2v) is 5.08. The molecule has 0 unspecified atom stereocenters. The Hall–Kier alpha value is -1.20. The van der Waals surface area contributed by atoms with E-state index in [4.69, 9.17) is 21.8 Å². The minimum atomic E-state index is -1.33. The second kappa shape index (κ2) is 7.28. The summed E-state index contributed by atoms with van der Waals surface area (Å²) < 4.78 is 0. The number of benzene rings is 1. The van der Waals surface area contributed by atoms with Gasteiger partial charge in [0.25, 0.3) is 0 Å². The number of hydrogen-bond acceptors (Lipinski definition) is 3. The van der Waals surface area contributed by atoms with E-state index in [-0.39, 0.29) is 6.42 Å². The zero-order valence-electron chi connectivity index (χ0n) is 9.51. The fourth-order valence-corrected chi connectivity index (χ4v) is 2.42. The standard InChI is InChI=1S/C12H13ClO4S/c13-7-8-1-3-9(4-2-8)18-6-5-10(11(14)15)12(16)17/h1-4,10H,5-7H2,(H,14,15)(H,16,17). The van der Waals surface area contributed by atoms with Crippen LogP contribution in [0.2, 0.25) is 0 Å². The minimum Gasteiger partial charge on any atom is -0.481 e. The van der Waals surface area contributed by atoms with Gasteiger partial charge in [-0.15, -0.1) is 23.4 Å². The molecule has 0 aliphatic rings. The Balaban J connectivity index is 2.45. The van der Waals surface area contributed by atoms with Gasteiger partial charge in [-0.25, -0.2) is 0 Å². The van der Waals surface area contributed by atoms with E-state index in [2.05, 4.69) is 0 Å². The molecule has 0 amide bonds. The smallest absolute Gasteiger partial charge is 0.317 e. The molecule has 0 bridgehead atoms. The predicted octanol–water partition coefficient (Wildman–Crippen LogP) is 2.69. The van der Waals surface area contributed by atoms with Gasteiger partial charge in [-0.05, 0) is 29.9 Å². The molecule has 0 atom stereocenters. The molecule has 1 rings (SSSR count). The van der Waals surface area contributed by atoms with Crippen LogP contribution >= 0.6 is 23.4 Å². The molecular weight excluding hydrogens is 276 g/mol. The van der Waals surface area contributed by atoms with Crippen LogP contribution < -0.4 is 0 Å². The summed E-state index contributed by atoms with van der Waals surface area (Å²) in [6.07, 6.45) is 0.104. The quantitative estimate of drug-likeness (QED) is 0.458. The molecule has 0 heterocycles. The van der Waals surface area contributed by atoms with Crippen molar-refractivity contribution >= 4 is 35.3 Å². The van der Waals surface area contributed by atoms with Crippen molar-refractivity contribution in [2.45, 2.75) is 17.2 Å². The van der Waals surface area contributed by atoms with Gasteiger partial charge in [0.05, 0.1) is 0 Å². The predicted molar refractivity (Wildman–Crippen MR) is 70.1 cm³/mol. The van der Waals surface area contributed by atoms with Crippen LogP contribution in [0.5, 0.6) is 0 Å². The molecule has 18 heavy (non-hydrogen) atoms. The summed E-state index contributed by atoms with van der Waals surface area (Å²) in [5.74, 6) is -3.02. The van der Waals surface area contributed by atoms with Gasteiger partial charge in [0.1, 0.15) is 0 Å². The number of carbonyl (C=O) groups is 2. The fraction of sp³-hybridized carbons (Fsp3) is 0.333. The number of thioether (sulfide) groups is 1. The number of carboxylic acids is 2. The zero-order chi connectivity index (χ0) is 13.5. The maximum absolute atomic E-state index is 10.7. The Bertz CT molecular complexity index is 405. The highest BCUT2D eigenvalue weighted by Crippen LogP contribution is 2.21. The molecule has 0 saturated heterocycles. The average molecular weight is 289 g/mol. The van der Waals surface area contributed by atoms with Crippen LogP contribution in [0, 0.1) is 5.92 Å².